The fourth-order valence-electron chi connectivity index (χ4n) is 2.43. The molecule has 0 spiro atoms. The second-order valence-electron chi connectivity index (χ2n) is 5.07. The molecule has 2 aromatic carbocycles. The fourth-order valence-corrected chi connectivity index (χ4v) is 2.43. The van der Waals surface area contributed by atoms with E-state index in [1.807, 2.05) is 19.1 Å². The van der Waals surface area contributed by atoms with Crippen LogP contribution in [0.25, 0.3) is 11.0 Å². The predicted molar refractivity (Wildman–Crippen MR) is 81.6 cm³/mol. The van der Waals surface area contributed by atoms with Crippen LogP contribution in [-0.4, -0.2) is 4.92 Å². The molecule has 0 aliphatic carbocycles. The number of furan rings is 1. The van der Waals surface area contributed by atoms with Crippen LogP contribution in [0.1, 0.15) is 22.5 Å². The van der Waals surface area contributed by atoms with Gasteiger partial charge in [0.1, 0.15) is 11.3 Å². The van der Waals surface area contributed by atoms with Gasteiger partial charge < -0.3 is 4.42 Å². The van der Waals surface area contributed by atoms with E-state index in [1.165, 1.54) is 12.1 Å². The first kappa shape index (κ1) is 13.8. The molecule has 0 fully saturated rings. The first-order chi connectivity index (χ1) is 10.6. The van der Waals surface area contributed by atoms with Crippen molar-refractivity contribution in [3.8, 4) is 6.07 Å². The minimum Gasteiger partial charge on any atom is -0.460 e. The van der Waals surface area contributed by atoms with Gasteiger partial charge in [-0.3, -0.25) is 10.1 Å². The average molecular weight is 292 g/mol. The van der Waals surface area contributed by atoms with Crippen LogP contribution in [0.3, 0.4) is 0 Å². The van der Waals surface area contributed by atoms with E-state index >= 15 is 0 Å². The van der Waals surface area contributed by atoms with Crippen molar-refractivity contribution in [2.24, 2.45) is 0 Å². The zero-order valence-corrected chi connectivity index (χ0v) is 11.9. The molecule has 0 N–H and O–H groups in total. The summed E-state index contributed by atoms with van der Waals surface area (Å²) >= 11 is 0. The molecule has 0 radical (unpaired) electrons. The summed E-state index contributed by atoms with van der Waals surface area (Å²) < 4.78 is 5.78. The van der Waals surface area contributed by atoms with Gasteiger partial charge in [0.05, 0.1) is 22.6 Å². The van der Waals surface area contributed by atoms with Crippen molar-refractivity contribution in [1.29, 1.82) is 5.26 Å². The van der Waals surface area contributed by atoms with Crippen LogP contribution in [0.4, 0.5) is 5.69 Å². The third-order valence-electron chi connectivity index (χ3n) is 3.68. The lowest BCUT2D eigenvalue weighted by Gasteiger charge is -1.99. The standard InChI is InChI=1S/C17H12N2O3/c1-11-15-7-6-14(19(20)21)9-17(15)22-16(11)8-12-2-4-13(10-18)5-3-12/h2-7,9H,8H2,1H3. The van der Waals surface area contributed by atoms with Crippen LogP contribution >= 0.6 is 0 Å². The quantitative estimate of drug-likeness (QED) is 0.537. The van der Waals surface area contributed by atoms with Crippen LogP contribution in [0.2, 0.25) is 0 Å². The second-order valence-corrected chi connectivity index (χ2v) is 5.07. The van der Waals surface area contributed by atoms with Crippen molar-refractivity contribution in [3.05, 3.63) is 75.0 Å². The zero-order valence-electron chi connectivity index (χ0n) is 11.9. The van der Waals surface area contributed by atoms with Crippen molar-refractivity contribution < 1.29 is 9.34 Å². The normalized spacial score (nSPS) is 10.5. The Morgan fingerprint density at radius 3 is 2.59 bits per heavy atom. The molecule has 0 saturated carbocycles. The highest BCUT2D eigenvalue weighted by Gasteiger charge is 2.14. The number of hydrogen-bond donors (Lipinski definition) is 0. The van der Waals surface area contributed by atoms with E-state index in [2.05, 4.69) is 6.07 Å². The molecule has 0 unspecified atom stereocenters. The Morgan fingerprint density at radius 2 is 1.95 bits per heavy atom. The van der Waals surface area contributed by atoms with Crippen LogP contribution < -0.4 is 0 Å². The minimum absolute atomic E-state index is 0.0196. The largest absolute Gasteiger partial charge is 0.460 e. The van der Waals surface area contributed by atoms with E-state index in [0.29, 0.717) is 17.6 Å². The molecule has 108 valence electrons. The zero-order chi connectivity index (χ0) is 15.7. The summed E-state index contributed by atoms with van der Waals surface area (Å²) in [7, 11) is 0. The lowest BCUT2D eigenvalue weighted by molar-refractivity contribution is -0.384. The van der Waals surface area contributed by atoms with Crippen LogP contribution in [-0.2, 0) is 6.42 Å². The summed E-state index contributed by atoms with van der Waals surface area (Å²) in [6.07, 6.45) is 0.583. The van der Waals surface area contributed by atoms with Crippen LogP contribution in [0, 0.1) is 28.4 Å². The molecule has 1 heterocycles. The van der Waals surface area contributed by atoms with Gasteiger partial charge >= 0.3 is 0 Å². The van der Waals surface area contributed by atoms with Crippen molar-refractivity contribution in [3.63, 3.8) is 0 Å². The molecule has 3 aromatic rings. The van der Waals surface area contributed by atoms with Gasteiger partial charge in [0.2, 0.25) is 0 Å². The highest BCUT2D eigenvalue weighted by Crippen LogP contribution is 2.29. The average Bonchev–Trinajstić information content (AvgIpc) is 2.84. The molecule has 1 aromatic heterocycles. The maximum absolute atomic E-state index is 10.8. The Morgan fingerprint density at radius 1 is 1.23 bits per heavy atom. The summed E-state index contributed by atoms with van der Waals surface area (Å²) in [4.78, 5) is 10.4. The molecule has 5 heteroatoms. The third kappa shape index (κ3) is 2.42. The molecular formula is C17H12N2O3. The van der Waals surface area contributed by atoms with E-state index in [9.17, 15) is 10.1 Å². The number of nitrogens with zero attached hydrogens (tertiary/aromatic N) is 2. The lowest BCUT2D eigenvalue weighted by Crippen LogP contribution is -1.88. The molecule has 0 aliphatic rings. The van der Waals surface area contributed by atoms with Gasteiger partial charge in [0.25, 0.3) is 5.69 Å². The molecule has 22 heavy (non-hydrogen) atoms. The SMILES string of the molecule is Cc1c(Cc2ccc(C#N)cc2)oc2cc([N+](=O)[O-])ccc12. The van der Waals surface area contributed by atoms with Crippen LogP contribution in [0.15, 0.2) is 46.9 Å². The molecule has 0 atom stereocenters. The van der Waals surface area contributed by atoms with Crippen molar-refractivity contribution in [2.45, 2.75) is 13.3 Å². The molecule has 3 rings (SSSR count). The van der Waals surface area contributed by atoms with E-state index < -0.39 is 4.92 Å². The molecule has 0 aliphatic heterocycles. The number of non-ortho nitro benzene ring substituents is 1. The van der Waals surface area contributed by atoms with Gasteiger partial charge in [-0.25, -0.2) is 0 Å². The van der Waals surface area contributed by atoms with E-state index in [-0.39, 0.29) is 5.69 Å². The number of hydrogen-bond acceptors (Lipinski definition) is 4. The first-order valence-electron chi connectivity index (χ1n) is 6.74. The third-order valence-corrected chi connectivity index (χ3v) is 3.68. The molecule has 5 nitrogen and oxygen atoms in total. The van der Waals surface area contributed by atoms with Gasteiger partial charge in [0.15, 0.2) is 0 Å². The Bertz CT molecular complexity index is 902. The predicted octanol–water partition coefficient (Wildman–Crippen LogP) is 4.11. The Kier molecular flexibility index (Phi) is 3.36. The number of nitriles is 1. The number of aryl methyl sites for hydroxylation is 1. The van der Waals surface area contributed by atoms with E-state index in [4.69, 9.17) is 9.68 Å². The van der Waals surface area contributed by atoms with E-state index in [1.54, 1.807) is 18.2 Å². The number of nitro benzene ring substituents is 1. The van der Waals surface area contributed by atoms with Gasteiger partial charge in [0, 0.05) is 17.9 Å². The number of fused-ring (bicyclic) bond motifs is 1. The molecular weight excluding hydrogens is 280 g/mol. The monoisotopic (exact) mass is 292 g/mol. The molecule has 0 amide bonds. The maximum Gasteiger partial charge on any atom is 0.273 e. The second kappa shape index (κ2) is 5.34. The first-order valence-corrected chi connectivity index (χ1v) is 6.74. The fraction of sp³-hybridized carbons (Fsp3) is 0.118. The Labute approximate surface area is 126 Å². The van der Waals surface area contributed by atoms with Crippen molar-refractivity contribution in [2.75, 3.05) is 0 Å². The lowest BCUT2D eigenvalue weighted by atomic mass is 10.0. The number of nitro groups is 1. The summed E-state index contributed by atoms with van der Waals surface area (Å²) in [6.45, 7) is 1.94. The van der Waals surface area contributed by atoms with Gasteiger partial charge in [-0.15, -0.1) is 0 Å². The van der Waals surface area contributed by atoms with Gasteiger partial charge in [-0.1, -0.05) is 12.1 Å². The number of benzene rings is 2. The van der Waals surface area contributed by atoms with Crippen molar-refractivity contribution >= 4 is 16.7 Å². The summed E-state index contributed by atoms with van der Waals surface area (Å²) in [5.41, 5.74) is 3.16. The highest BCUT2D eigenvalue weighted by atomic mass is 16.6. The summed E-state index contributed by atoms with van der Waals surface area (Å²) in [6, 6.07) is 14.0. The Hall–Kier alpha value is -3.13. The smallest absolute Gasteiger partial charge is 0.273 e. The van der Waals surface area contributed by atoms with Gasteiger partial charge in [-0.2, -0.15) is 5.26 Å². The Balaban J connectivity index is 1.98. The van der Waals surface area contributed by atoms with Crippen LogP contribution in [0.5, 0.6) is 0 Å². The van der Waals surface area contributed by atoms with E-state index in [0.717, 1.165) is 22.3 Å². The highest BCUT2D eigenvalue weighted by molar-refractivity contribution is 5.84. The number of rotatable bonds is 3. The van der Waals surface area contributed by atoms with Crippen molar-refractivity contribution in [1.82, 2.24) is 0 Å². The maximum atomic E-state index is 10.8. The summed E-state index contributed by atoms with van der Waals surface area (Å²) in [5.74, 6) is 0.778. The summed E-state index contributed by atoms with van der Waals surface area (Å²) in [5, 5.41) is 20.5. The minimum atomic E-state index is -0.433. The molecule has 0 bridgehead atoms. The molecule has 0 saturated heterocycles. The topological polar surface area (TPSA) is 80.1 Å². The van der Waals surface area contributed by atoms with Gasteiger partial charge in [-0.05, 0) is 36.2 Å².